The minimum Gasteiger partial charge on any atom is -0.300 e. The fourth-order valence-electron chi connectivity index (χ4n) is 2.63. The lowest BCUT2D eigenvalue weighted by Crippen LogP contribution is -2.15. The summed E-state index contributed by atoms with van der Waals surface area (Å²) in [7, 11) is 0. The molecule has 0 bridgehead atoms. The van der Waals surface area contributed by atoms with Gasteiger partial charge in [-0.1, -0.05) is 60.2 Å². The molecular weight excluding hydrogens is 264 g/mol. The van der Waals surface area contributed by atoms with E-state index >= 15 is 0 Å². The van der Waals surface area contributed by atoms with E-state index in [1.165, 1.54) is 16.7 Å². The number of benzene rings is 2. The molecule has 2 aromatic carbocycles. The van der Waals surface area contributed by atoms with E-state index in [9.17, 15) is 4.79 Å². The molecule has 2 heteroatoms. The summed E-state index contributed by atoms with van der Waals surface area (Å²) in [6.45, 7) is 2.09. The zero-order chi connectivity index (χ0) is 13.9. The number of carbonyl (C=O) groups is 1. The Bertz CT molecular complexity index is 589. The van der Waals surface area contributed by atoms with Crippen LogP contribution in [0.2, 0.25) is 0 Å². The number of Topliss-reactive ketones (excluding diaryl/α,β-unsaturated/α-hetero) is 1. The van der Waals surface area contributed by atoms with Crippen LogP contribution in [0.3, 0.4) is 0 Å². The van der Waals surface area contributed by atoms with Crippen LogP contribution in [-0.2, 0) is 4.79 Å². The maximum Gasteiger partial charge on any atom is 0.135 e. The van der Waals surface area contributed by atoms with Gasteiger partial charge in [-0.05, 0) is 18.1 Å². The van der Waals surface area contributed by atoms with Crippen molar-refractivity contribution in [3.05, 3.63) is 71.3 Å². The fourth-order valence-corrected chi connectivity index (χ4v) is 4.22. The SMILES string of the molecule is Cc1ccc([C@H]2CC(=O)C[C@@H](c3ccccc3)S2)cc1. The highest BCUT2D eigenvalue weighted by molar-refractivity contribution is 7.99. The molecule has 0 amide bonds. The van der Waals surface area contributed by atoms with Gasteiger partial charge in [-0.3, -0.25) is 4.79 Å². The first-order valence-electron chi connectivity index (χ1n) is 7.01. The maximum absolute atomic E-state index is 12.1. The molecule has 2 atom stereocenters. The molecule has 1 aliphatic rings. The molecule has 1 saturated heterocycles. The number of aryl methyl sites for hydroxylation is 1. The van der Waals surface area contributed by atoms with Crippen molar-refractivity contribution in [3.63, 3.8) is 0 Å². The zero-order valence-electron chi connectivity index (χ0n) is 11.6. The number of hydrogen-bond donors (Lipinski definition) is 0. The largest absolute Gasteiger partial charge is 0.300 e. The Labute approximate surface area is 124 Å². The van der Waals surface area contributed by atoms with E-state index in [0.29, 0.717) is 29.1 Å². The van der Waals surface area contributed by atoms with Crippen LogP contribution >= 0.6 is 11.8 Å². The highest BCUT2D eigenvalue weighted by atomic mass is 32.2. The van der Waals surface area contributed by atoms with Gasteiger partial charge in [0.1, 0.15) is 5.78 Å². The van der Waals surface area contributed by atoms with Crippen LogP contribution in [0.15, 0.2) is 54.6 Å². The molecule has 1 fully saturated rings. The normalized spacial score (nSPS) is 22.8. The van der Waals surface area contributed by atoms with Gasteiger partial charge >= 0.3 is 0 Å². The standard InChI is InChI=1S/C18H18OS/c1-13-7-9-15(10-8-13)18-12-16(19)11-17(20-18)14-5-3-2-4-6-14/h2-10,17-18H,11-12H2,1H3/t17-,18+/m0/s1. The predicted octanol–water partition coefficient (Wildman–Crippen LogP) is 4.87. The number of carbonyl (C=O) groups excluding carboxylic acids is 1. The van der Waals surface area contributed by atoms with Crippen molar-refractivity contribution in [2.24, 2.45) is 0 Å². The van der Waals surface area contributed by atoms with Gasteiger partial charge in [0.15, 0.2) is 0 Å². The molecule has 3 rings (SSSR count). The summed E-state index contributed by atoms with van der Waals surface area (Å²) < 4.78 is 0. The highest BCUT2D eigenvalue weighted by Gasteiger charge is 2.29. The van der Waals surface area contributed by atoms with Gasteiger partial charge in [0, 0.05) is 23.3 Å². The summed E-state index contributed by atoms with van der Waals surface area (Å²) in [5.41, 5.74) is 3.80. The number of rotatable bonds is 2. The summed E-state index contributed by atoms with van der Waals surface area (Å²) in [6.07, 6.45) is 1.33. The van der Waals surface area contributed by atoms with Crippen LogP contribution in [0.4, 0.5) is 0 Å². The van der Waals surface area contributed by atoms with E-state index in [-0.39, 0.29) is 0 Å². The molecule has 102 valence electrons. The minimum atomic E-state index is 0.294. The second-order valence-corrected chi connectivity index (χ2v) is 6.79. The molecular formula is C18H18OS. The molecule has 1 heterocycles. The molecule has 1 nitrogen and oxygen atoms in total. The van der Waals surface area contributed by atoms with Gasteiger partial charge < -0.3 is 0 Å². The molecule has 0 aromatic heterocycles. The molecule has 0 aliphatic carbocycles. The molecule has 20 heavy (non-hydrogen) atoms. The Kier molecular flexibility index (Phi) is 3.93. The lowest BCUT2D eigenvalue weighted by molar-refractivity contribution is -0.119. The average Bonchev–Trinajstić information content (AvgIpc) is 2.48. The Morgan fingerprint density at radius 1 is 0.850 bits per heavy atom. The topological polar surface area (TPSA) is 17.1 Å². The second-order valence-electron chi connectivity index (χ2n) is 5.38. The van der Waals surface area contributed by atoms with Crippen LogP contribution in [0.25, 0.3) is 0 Å². The smallest absolute Gasteiger partial charge is 0.135 e. The predicted molar refractivity (Wildman–Crippen MR) is 84.9 cm³/mol. The Morgan fingerprint density at radius 2 is 1.40 bits per heavy atom. The Balaban J connectivity index is 1.83. The average molecular weight is 282 g/mol. The van der Waals surface area contributed by atoms with Gasteiger partial charge in [0.05, 0.1) is 0 Å². The van der Waals surface area contributed by atoms with E-state index < -0.39 is 0 Å². The van der Waals surface area contributed by atoms with Crippen molar-refractivity contribution in [1.82, 2.24) is 0 Å². The summed E-state index contributed by atoms with van der Waals surface area (Å²) in [4.78, 5) is 12.1. The lowest BCUT2D eigenvalue weighted by atomic mass is 10.00. The van der Waals surface area contributed by atoms with Crippen LogP contribution in [0, 0.1) is 6.92 Å². The minimum absolute atomic E-state index is 0.294. The first-order valence-corrected chi connectivity index (χ1v) is 7.95. The molecule has 1 aliphatic heterocycles. The van der Waals surface area contributed by atoms with E-state index in [2.05, 4.69) is 55.5 Å². The highest BCUT2D eigenvalue weighted by Crippen LogP contribution is 2.48. The zero-order valence-corrected chi connectivity index (χ0v) is 12.4. The van der Waals surface area contributed by atoms with E-state index in [1.807, 2.05) is 17.8 Å². The van der Waals surface area contributed by atoms with Gasteiger partial charge in [0.2, 0.25) is 0 Å². The monoisotopic (exact) mass is 282 g/mol. The third kappa shape index (κ3) is 2.96. The van der Waals surface area contributed by atoms with Crippen molar-refractivity contribution in [2.75, 3.05) is 0 Å². The molecule has 0 unspecified atom stereocenters. The van der Waals surface area contributed by atoms with E-state index in [4.69, 9.17) is 0 Å². The maximum atomic E-state index is 12.1. The van der Waals surface area contributed by atoms with Crippen LogP contribution < -0.4 is 0 Å². The Morgan fingerprint density at radius 3 is 2.00 bits per heavy atom. The molecule has 0 radical (unpaired) electrons. The molecule has 0 spiro atoms. The molecule has 2 aromatic rings. The third-order valence-electron chi connectivity index (χ3n) is 3.78. The van der Waals surface area contributed by atoms with Crippen molar-refractivity contribution in [2.45, 2.75) is 30.3 Å². The summed E-state index contributed by atoms with van der Waals surface area (Å²) >= 11 is 1.93. The van der Waals surface area contributed by atoms with Crippen LogP contribution in [-0.4, -0.2) is 5.78 Å². The second kappa shape index (κ2) is 5.84. The first kappa shape index (κ1) is 13.4. The summed E-state index contributed by atoms with van der Waals surface area (Å²) in [6, 6.07) is 19.0. The van der Waals surface area contributed by atoms with Crippen LogP contribution in [0.5, 0.6) is 0 Å². The number of ketones is 1. The number of thioether (sulfide) groups is 1. The molecule has 0 saturated carbocycles. The fraction of sp³-hybridized carbons (Fsp3) is 0.278. The summed E-state index contributed by atoms with van der Waals surface area (Å²) in [5.74, 6) is 0.378. The quantitative estimate of drug-likeness (QED) is 0.781. The van der Waals surface area contributed by atoms with Crippen molar-refractivity contribution in [1.29, 1.82) is 0 Å². The van der Waals surface area contributed by atoms with E-state index in [1.54, 1.807) is 0 Å². The first-order chi connectivity index (χ1) is 9.72. The van der Waals surface area contributed by atoms with Gasteiger partial charge in [-0.2, -0.15) is 0 Å². The Hall–Kier alpha value is -1.54. The van der Waals surface area contributed by atoms with Gasteiger partial charge in [-0.15, -0.1) is 11.8 Å². The van der Waals surface area contributed by atoms with Crippen molar-refractivity contribution >= 4 is 17.5 Å². The molecule has 0 N–H and O–H groups in total. The number of hydrogen-bond acceptors (Lipinski definition) is 2. The van der Waals surface area contributed by atoms with Crippen molar-refractivity contribution < 1.29 is 4.79 Å². The van der Waals surface area contributed by atoms with Gasteiger partial charge in [0.25, 0.3) is 0 Å². The van der Waals surface area contributed by atoms with Crippen molar-refractivity contribution in [3.8, 4) is 0 Å². The lowest BCUT2D eigenvalue weighted by Gasteiger charge is -2.28. The third-order valence-corrected chi connectivity index (χ3v) is 5.31. The summed E-state index contributed by atoms with van der Waals surface area (Å²) in [5, 5.41) is 0.589. The van der Waals surface area contributed by atoms with Gasteiger partial charge in [-0.25, -0.2) is 0 Å². The van der Waals surface area contributed by atoms with E-state index in [0.717, 1.165) is 0 Å². The van der Waals surface area contributed by atoms with Crippen LogP contribution in [0.1, 0.15) is 40.0 Å².